The molecular formula is C12H17N5OS. The number of thiocarbonyl (C=S) groups is 1. The lowest BCUT2D eigenvalue weighted by atomic mass is 9.87. The van der Waals surface area contributed by atoms with Crippen molar-refractivity contribution in [3.8, 4) is 0 Å². The van der Waals surface area contributed by atoms with Gasteiger partial charge in [0, 0.05) is 13.1 Å². The maximum absolute atomic E-state index is 12.2. The van der Waals surface area contributed by atoms with E-state index in [1.807, 2.05) is 7.05 Å². The van der Waals surface area contributed by atoms with Crippen LogP contribution in [0.1, 0.15) is 23.2 Å². The number of carbonyl (C=O) groups is 1. The summed E-state index contributed by atoms with van der Waals surface area (Å²) < 4.78 is 0. The molecule has 0 saturated carbocycles. The van der Waals surface area contributed by atoms with Crippen molar-refractivity contribution in [3.05, 3.63) is 24.0 Å². The summed E-state index contributed by atoms with van der Waals surface area (Å²) in [6, 6.07) is 1.62. The first kappa shape index (κ1) is 13.8. The van der Waals surface area contributed by atoms with E-state index in [0.717, 1.165) is 25.9 Å². The average Bonchev–Trinajstić information content (AvgIpc) is 2.42. The summed E-state index contributed by atoms with van der Waals surface area (Å²) in [7, 11) is 2.04. The number of hydrogen-bond donors (Lipinski definition) is 2. The molecule has 0 spiro atoms. The monoisotopic (exact) mass is 279 g/mol. The first-order valence-corrected chi connectivity index (χ1v) is 6.52. The van der Waals surface area contributed by atoms with Gasteiger partial charge in [-0.1, -0.05) is 12.2 Å². The zero-order valence-electron chi connectivity index (χ0n) is 10.8. The van der Waals surface area contributed by atoms with E-state index in [-0.39, 0.29) is 5.91 Å². The minimum absolute atomic E-state index is 0.216. The summed E-state index contributed by atoms with van der Waals surface area (Å²) in [6.45, 7) is 1.71. The van der Waals surface area contributed by atoms with Crippen molar-refractivity contribution in [3.63, 3.8) is 0 Å². The Bertz CT molecular complexity index is 470. The predicted molar refractivity (Wildman–Crippen MR) is 75.7 cm³/mol. The maximum Gasteiger partial charge on any atom is 0.253 e. The Morgan fingerprint density at radius 2 is 2.16 bits per heavy atom. The molecule has 0 aromatic carbocycles. The SMILES string of the molecule is CN1CCC(NC(=O)c2ccnnc2)(C(N)=S)CC1. The Morgan fingerprint density at radius 1 is 1.47 bits per heavy atom. The van der Waals surface area contributed by atoms with Gasteiger partial charge in [-0.3, -0.25) is 4.79 Å². The molecule has 0 bridgehead atoms. The van der Waals surface area contributed by atoms with E-state index in [2.05, 4.69) is 20.4 Å². The molecule has 0 radical (unpaired) electrons. The van der Waals surface area contributed by atoms with Crippen LogP contribution in [-0.2, 0) is 0 Å². The topological polar surface area (TPSA) is 84.1 Å². The van der Waals surface area contributed by atoms with Crippen LogP contribution in [0.25, 0.3) is 0 Å². The number of hydrogen-bond acceptors (Lipinski definition) is 5. The van der Waals surface area contributed by atoms with Crippen LogP contribution in [0.4, 0.5) is 0 Å². The molecule has 1 saturated heterocycles. The quantitative estimate of drug-likeness (QED) is 0.755. The van der Waals surface area contributed by atoms with Crippen LogP contribution in [0.3, 0.4) is 0 Å². The van der Waals surface area contributed by atoms with Crippen LogP contribution in [0.2, 0.25) is 0 Å². The lowest BCUT2D eigenvalue weighted by molar-refractivity contribution is 0.0889. The Kier molecular flexibility index (Phi) is 4.06. The van der Waals surface area contributed by atoms with Crippen LogP contribution in [0.15, 0.2) is 18.5 Å². The molecule has 0 unspecified atom stereocenters. The van der Waals surface area contributed by atoms with Gasteiger partial charge in [0.05, 0.1) is 28.5 Å². The minimum Gasteiger partial charge on any atom is -0.391 e. The van der Waals surface area contributed by atoms with Gasteiger partial charge in [0.25, 0.3) is 5.91 Å². The molecule has 1 fully saturated rings. The molecule has 1 aromatic rings. The number of carbonyl (C=O) groups excluding carboxylic acids is 1. The first-order valence-electron chi connectivity index (χ1n) is 6.11. The normalized spacial score (nSPS) is 18.8. The molecule has 6 nitrogen and oxygen atoms in total. The summed E-state index contributed by atoms with van der Waals surface area (Å²) in [6.07, 6.45) is 4.36. The van der Waals surface area contributed by atoms with Crippen molar-refractivity contribution < 1.29 is 4.79 Å². The first-order chi connectivity index (χ1) is 9.03. The molecule has 1 amide bonds. The highest BCUT2D eigenvalue weighted by Gasteiger charge is 2.38. The van der Waals surface area contributed by atoms with Gasteiger partial charge in [0.15, 0.2) is 0 Å². The molecule has 3 N–H and O–H groups in total. The van der Waals surface area contributed by atoms with Gasteiger partial charge in [0.1, 0.15) is 0 Å². The number of nitrogens with zero attached hydrogens (tertiary/aromatic N) is 3. The van der Waals surface area contributed by atoms with Gasteiger partial charge in [-0.05, 0) is 26.0 Å². The van der Waals surface area contributed by atoms with Crippen molar-refractivity contribution >= 4 is 23.1 Å². The van der Waals surface area contributed by atoms with E-state index in [0.29, 0.717) is 10.6 Å². The number of piperidine rings is 1. The van der Waals surface area contributed by atoms with Gasteiger partial charge in [-0.25, -0.2) is 0 Å². The average molecular weight is 279 g/mol. The molecule has 102 valence electrons. The second-order valence-corrected chi connectivity index (χ2v) is 5.27. The molecule has 0 atom stereocenters. The molecule has 1 aliphatic rings. The summed E-state index contributed by atoms with van der Waals surface area (Å²) in [5.41, 5.74) is 5.71. The van der Waals surface area contributed by atoms with E-state index in [1.54, 1.807) is 6.07 Å². The lowest BCUT2D eigenvalue weighted by Gasteiger charge is -2.40. The Morgan fingerprint density at radius 3 is 2.68 bits per heavy atom. The number of aromatic nitrogens is 2. The fourth-order valence-electron chi connectivity index (χ4n) is 2.15. The molecule has 0 aliphatic carbocycles. The van der Waals surface area contributed by atoms with Gasteiger partial charge < -0.3 is 16.0 Å². The number of likely N-dealkylation sites (tertiary alicyclic amines) is 1. The van der Waals surface area contributed by atoms with Crippen LogP contribution >= 0.6 is 12.2 Å². The second-order valence-electron chi connectivity index (χ2n) is 4.83. The molecule has 7 heteroatoms. The fraction of sp³-hybridized carbons (Fsp3) is 0.500. The van der Waals surface area contributed by atoms with Crippen LogP contribution in [-0.4, -0.2) is 51.7 Å². The van der Waals surface area contributed by atoms with Crippen molar-refractivity contribution in [2.75, 3.05) is 20.1 Å². The largest absolute Gasteiger partial charge is 0.391 e. The third kappa shape index (κ3) is 3.05. The molecular weight excluding hydrogens is 262 g/mol. The van der Waals surface area contributed by atoms with Gasteiger partial charge in [0.2, 0.25) is 0 Å². The molecule has 19 heavy (non-hydrogen) atoms. The fourth-order valence-corrected chi connectivity index (χ4v) is 2.40. The Balaban J connectivity index is 2.14. The third-order valence-corrected chi connectivity index (χ3v) is 3.90. The summed E-state index contributed by atoms with van der Waals surface area (Å²) in [5, 5.41) is 10.3. The summed E-state index contributed by atoms with van der Waals surface area (Å²) in [4.78, 5) is 14.7. The van der Waals surface area contributed by atoms with Crippen LogP contribution in [0, 0.1) is 0 Å². The Labute approximate surface area is 117 Å². The molecule has 1 aromatic heterocycles. The highest BCUT2D eigenvalue weighted by Crippen LogP contribution is 2.22. The van der Waals surface area contributed by atoms with Crippen LogP contribution in [0.5, 0.6) is 0 Å². The van der Waals surface area contributed by atoms with E-state index >= 15 is 0 Å². The molecule has 1 aliphatic heterocycles. The lowest BCUT2D eigenvalue weighted by Crippen LogP contribution is -2.61. The third-order valence-electron chi connectivity index (χ3n) is 3.51. The van der Waals surface area contributed by atoms with Crippen molar-refractivity contribution in [1.29, 1.82) is 0 Å². The van der Waals surface area contributed by atoms with E-state index in [1.165, 1.54) is 12.4 Å². The van der Waals surface area contributed by atoms with Gasteiger partial charge in [-0.15, -0.1) is 0 Å². The minimum atomic E-state index is -0.595. The number of rotatable bonds is 3. The molecule has 2 rings (SSSR count). The number of amides is 1. The second kappa shape index (κ2) is 5.58. The molecule has 2 heterocycles. The Hall–Kier alpha value is -1.60. The number of nitrogens with two attached hydrogens (primary N) is 1. The van der Waals surface area contributed by atoms with Crippen molar-refractivity contribution in [2.45, 2.75) is 18.4 Å². The van der Waals surface area contributed by atoms with E-state index < -0.39 is 5.54 Å². The van der Waals surface area contributed by atoms with Crippen molar-refractivity contribution in [1.82, 2.24) is 20.4 Å². The van der Waals surface area contributed by atoms with E-state index in [9.17, 15) is 4.79 Å². The van der Waals surface area contributed by atoms with Gasteiger partial charge in [-0.2, -0.15) is 10.2 Å². The highest BCUT2D eigenvalue weighted by atomic mass is 32.1. The summed E-state index contributed by atoms with van der Waals surface area (Å²) >= 11 is 5.15. The summed E-state index contributed by atoms with van der Waals surface area (Å²) in [5.74, 6) is -0.216. The maximum atomic E-state index is 12.2. The zero-order chi connectivity index (χ0) is 13.9. The van der Waals surface area contributed by atoms with E-state index in [4.69, 9.17) is 18.0 Å². The van der Waals surface area contributed by atoms with Crippen LogP contribution < -0.4 is 11.1 Å². The zero-order valence-corrected chi connectivity index (χ0v) is 11.6. The highest BCUT2D eigenvalue weighted by molar-refractivity contribution is 7.80. The standard InChI is InChI=1S/C12H17N5OS/c1-17-6-3-12(4-7-17,11(13)19)16-10(18)9-2-5-14-15-8-9/h2,5,8H,3-4,6-7H2,1H3,(H2,13,19)(H,16,18). The van der Waals surface area contributed by atoms with Gasteiger partial charge >= 0.3 is 0 Å². The smallest absolute Gasteiger partial charge is 0.253 e. The van der Waals surface area contributed by atoms with Crippen molar-refractivity contribution in [2.24, 2.45) is 5.73 Å². The predicted octanol–water partition coefficient (Wildman–Crippen LogP) is -0.0431. The number of nitrogens with one attached hydrogen (secondary N) is 1.